The van der Waals surface area contributed by atoms with Crippen molar-refractivity contribution in [3.8, 4) is 5.75 Å². The first-order valence-electron chi connectivity index (χ1n) is 14.2. The van der Waals surface area contributed by atoms with E-state index in [1.165, 1.54) is 0 Å². The smallest absolute Gasteiger partial charge is 0.193 e. The largest absolute Gasteiger partial charge is 0.496 e. The van der Waals surface area contributed by atoms with Crippen LogP contribution < -0.4 is 4.74 Å². The van der Waals surface area contributed by atoms with E-state index < -0.39 is 22.7 Å². The van der Waals surface area contributed by atoms with Crippen molar-refractivity contribution in [2.75, 3.05) is 7.11 Å². The van der Waals surface area contributed by atoms with Gasteiger partial charge in [0.2, 0.25) is 0 Å². The Morgan fingerprint density at radius 3 is 1.74 bits per heavy atom. The standard InChI is InChI=1S/C38H26O4/c1-42-33-27-20-12-11-19-26(27)29(32(39)23-13-5-2-6-14-23)30-28-21-22-37(35(40)24-15-7-3-8-16-24)34(31(30)33)38(28,37)36(41)25-17-9-4-10-18-25/h2-22,28,34H,1H3. The van der Waals surface area contributed by atoms with Crippen LogP contribution in [-0.4, -0.2) is 24.5 Å². The molecule has 3 aliphatic rings. The van der Waals surface area contributed by atoms with E-state index in [-0.39, 0.29) is 17.3 Å². The maximum Gasteiger partial charge on any atom is 0.193 e. The Bertz CT molecular complexity index is 1980. The molecule has 42 heavy (non-hydrogen) atoms. The van der Waals surface area contributed by atoms with E-state index in [4.69, 9.17) is 4.74 Å². The second-order valence-electron chi connectivity index (χ2n) is 11.4. The minimum Gasteiger partial charge on any atom is -0.496 e. The highest BCUT2D eigenvalue weighted by atomic mass is 16.5. The van der Waals surface area contributed by atoms with E-state index in [1.807, 2.05) is 127 Å². The molecule has 8 rings (SSSR count). The van der Waals surface area contributed by atoms with Crippen molar-refractivity contribution in [3.05, 3.63) is 161 Å². The van der Waals surface area contributed by atoms with Crippen LogP contribution >= 0.6 is 0 Å². The van der Waals surface area contributed by atoms with Crippen molar-refractivity contribution in [1.29, 1.82) is 0 Å². The van der Waals surface area contributed by atoms with Gasteiger partial charge in [-0.05, 0) is 10.9 Å². The molecule has 4 nitrogen and oxygen atoms in total. The SMILES string of the molecule is COc1c2c(c(C(=O)c3ccccc3)c3ccccc13)C1C=CC3(C(=O)c4ccccc4)C2C13C(=O)c1ccccc1. The molecule has 0 N–H and O–H groups in total. The number of methoxy groups -OCH3 is 1. The van der Waals surface area contributed by atoms with Crippen molar-refractivity contribution < 1.29 is 19.1 Å². The van der Waals surface area contributed by atoms with E-state index in [2.05, 4.69) is 0 Å². The summed E-state index contributed by atoms with van der Waals surface area (Å²) in [4.78, 5) is 43.7. The van der Waals surface area contributed by atoms with Crippen LogP contribution in [0.1, 0.15) is 59.6 Å². The van der Waals surface area contributed by atoms with E-state index in [9.17, 15) is 14.4 Å². The summed E-state index contributed by atoms with van der Waals surface area (Å²) in [5.41, 5.74) is 1.75. The fourth-order valence-electron chi connectivity index (χ4n) is 8.14. The molecule has 0 amide bonds. The summed E-state index contributed by atoms with van der Waals surface area (Å²) < 4.78 is 6.13. The fourth-order valence-corrected chi connectivity index (χ4v) is 8.14. The zero-order valence-corrected chi connectivity index (χ0v) is 22.9. The molecule has 0 heterocycles. The van der Waals surface area contributed by atoms with Crippen molar-refractivity contribution in [1.82, 2.24) is 0 Å². The number of ether oxygens (including phenoxy) is 1. The van der Waals surface area contributed by atoms with Gasteiger partial charge in [0.05, 0.1) is 17.9 Å². The predicted molar refractivity (Wildman–Crippen MR) is 161 cm³/mol. The molecule has 5 aromatic carbocycles. The van der Waals surface area contributed by atoms with Crippen LogP contribution in [0, 0.1) is 10.8 Å². The average molecular weight is 547 g/mol. The summed E-state index contributed by atoms with van der Waals surface area (Å²) in [6, 6.07) is 35.4. The maximum absolute atomic E-state index is 14.8. The summed E-state index contributed by atoms with van der Waals surface area (Å²) in [6.45, 7) is 0. The van der Waals surface area contributed by atoms with Gasteiger partial charge in [0, 0.05) is 45.0 Å². The van der Waals surface area contributed by atoms with Crippen molar-refractivity contribution >= 4 is 28.1 Å². The monoisotopic (exact) mass is 546 g/mol. The third kappa shape index (κ3) is 2.84. The van der Waals surface area contributed by atoms with Crippen LogP contribution in [0.3, 0.4) is 0 Å². The number of fused-ring (bicyclic) bond motifs is 5. The Labute approximate surface area is 243 Å². The van der Waals surface area contributed by atoms with Crippen molar-refractivity contribution in [2.45, 2.75) is 11.8 Å². The van der Waals surface area contributed by atoms with Gasteiger partial charge in [-0.2, -0.15) is 0 Å². The number of hydrogen-bond donors (Lipinski definition) is 0. The third-order valence-electron chi connectivity index (χ3n) is 9.69. The fraction of sp³-hybridized carbons (Fsp3) is 0.132. The van der Waals surface area contributed by atoms with E-state index in [0.717, 1.165) is 21.9 Å². The van der Waals surface area contributed by atoms with Crippen LogP contribution in [0.15, 0.2) is 127 Å². The van der Waals surface area contributed by atoms with Crippen LogP contribution in [0.2, 0.25) is 0 Å². The Kier molecular flexibility index (Phi) is 5.12. The van der Waals surface area contributed by atoms with Gasteiger partial charge < -0.3 is 4.74 Å². The molecule has 202 valence electrons. The van der Waals surface area contributed by atoms with E-state index in [1.54, 1.807) is 7.11 Å². The second-order valence-corrected chi connectivity index (χ2v) is 11.4. The molecule has 4 atom stereocenters. The zero-order valence-electron chi connectivity index (χ0n) is 22.9. The lowest BCUT2D eigenvalue weighted by molar-refractivity contribution is 0.0800. The molecule has 1 saturated carbocycles. The number of carbonyl (C=O) groups is 3. The molecule has 0 spiro atoms. The van der Waals surface area contributed by atoms with E-state index >= 15 is 0 Å². The number of allylic oxidation sites excluding steroid dienone is 2. The molecule has 4 unspecified atom stereocenters. The first-order chi connectivity index (χ1) is 20.6. The van der Waals surface area contributed by atoms with Gasteiger partial charge >= 0.3 is 0 Å². The zero-order chi connectivity index (χ0) is 28.6. The summed E-state index contributed by atoms with van der Waals surface area (Å²) in [7, 11) is 1.63. The topological polar surface area (TPSA) is 60.4 Å². The normalized spacial score (nSPS) is 24.2. The lowest BCUT2D eigenvalue weighted by Crippen LogP contribution is -2.30. The number of carbonyl (C=O) groups excluding carboxylic acids is 3. The molecular weight excluding hydrogens is 520 g/mol. The summed E-state index contributed by atoms with van der Waals surface area (Å²) in [5.74, 6) is -0.541. The molecule has 0 aliphatic heterocycles. The molecular formula is C38H26O4. The summed E-state index contributed by atoms with van der Waals surface area (Å²) in [6.07, 6.45) is 3.96. The molecule has 0 radical (unpaired) electrons. The number of benzene rings is 5. The van der Waals surface area contributed by atoms with Crippen molar-refractivity contribution in [3.63, 3.8) is 0 Å². The lowest BCUT2D eigenvalue weighted by atomic mass is 9.74. The first kappa shape index (κ1) is 24.7. The Hall–Kier alpha value is -5.09. The minimum absolute atomic E-state index is 0.0760. The molecule has 3 aliphatic carbocycles. The molecule has 0 saturated heterocycles. The highest BCUT2D eigenvalue weighted by molar-refractivity contribution is 6.23. The van der Waals surface area contributed by atoms with Gasteiger partial charge in [-0.25, -0.2) is 0 Å². The Balaban J connectivity index is 1.46. The van der Waals surface area contributed by atoms with Crippen molar-refractivity contribution in [2.24, 2.45) is 10.8 Å². The van der Waals surface area contributed by atoms with Crippen LogP contribution in [0.5, 0.6) is 5.75 Å². The minimum atomic E-state index is -1.08. The van der Waals surface area contributed by atoms with Gasteiger partial charge in [0.25, 0.3) is 0 Å². The number of hydrogen-bond acceptors (Lipinski definition) is 4. The highest BCUT2D eigenvalue weighted by Crippen LogP contribution is 2.90. The number of Topliss-reactive ketones (excluding diaryl/α,β-unsaturated/α-hetero) is 2. The molecule has 0 aromatic heterocycles. The van der Waals surface area contributed by atoms with Crippen LogP contribution in [-0.2, 0) is 0 Å². The van der Waals surface area contributed by atoms with Gasteiger partial charge in [-0.15, -0.1) is 0 Å². The molecule has 1 fully saturated rings. The second kappa shape index (κ2) is 8.70. The molecule has 5 aromatic rings. The number of rotatable bonds is 7. The Morgan fingerprint density at radius 1 is 0.619 bits per heavy atom. The predicted octanol–water partition coefficient (Wildman–Crippen LogP) is 7.58. The Morgan fingerprint density at radius 2 is 1.14 bits per heavy atom. The van der Waals surface area contributed by atoms with Gasteiger partial charge in [-0.3, -0.25) is 14.4 Å². The lowest BCUT2D eigenvalue weighted by Gasteiger charge is -2.26. The summed E-state index contributed by atoms with van der Waals surface area (Å²) in [5, 5.41) is 1.58. The summed E-state index contributed by atoms with van der Waals surface area (Å²) >= 11 is 0. The van der Waals surface area contributed by atoms with Gasteiger partial charge in [-0.1, -0.05) is 127 Å². The first-order valence-corrected chi connectivity index (χ1v) is 14.2. The van der Waals surface area contributed by atoms with Crippen LogP contribution in [0.4, 0.5) is 0 Å². The third-order valence-corrected chi connectivity index (χ3v) is 9.69. The quantitative estimate of drug-likeness (QED) is 0.156. The maximum atomic E-state index is 14.8. The van der Waals surface area contributed by atoms with E-state index in [0.29, 0.717) is 28.0 Å². The van der Waals surface area contributed by atoms with Gasteiger partial charge in [0.1, 0.15) is 5.75 Å². The molecule has 0 bridgehead atoms. The molecule has 4 heteroatoms. The highest BCUT2D eigenvalue weighted by Gasteiger charge is 2.90. The van der Waals surface area contributed by atoms with Crippen LogP contribution in [0.25, 0.3) is 10.8 Å². The average Bonchev–Trinajstić information content (AvgIpc) is 3.41. The van der Waals surface area contributed by atoms with Gasteiger partial charge in [0.15, 0.2) is 17.3 Å². The number of ketones is 3.